The molecule has 128 valence electrons. The SMILES string of the molecule is CNCCC1CCN(C(C)C(=O)NCCc2ccccc2)CC1. The third-order valence-corrected chi connectivity index (χ3v) is 4.93. The number of benzene rings is 1. The smallest absolute Gasteiger partial charge is 0.237 e. The van der Waals surface area contributed by atoms with Crippen LogP contribution in [0.15, 0.2) is 30.3 Å². The molecule has 23 heavy (non-hydrogen) atoms. The van der Waals surface area contributed by atoms with Crippen LogP contribution < -0.4 is 10.6 Å². The fourth-order valence-electron chi connectivity index (χ4n) is 3.27. The van der Waals surface area contributed by atoms with Crippen molar-refractivity contribution in [1.82, 2.24) is 15.5 Å². The minimum Gasteiger partial charge on any atom is -0.354 e. The summed E-state index contributed by atoms with van der Waals surface area (Å²) >= 11 is 0. The van der Waals surface area contributed by atoms with E-state index in [9.17, 15) is 4.79 Å². The lowest BCUT2D eigenvalue weighted by Crippen LogP contribution is -2.48. The Morgan fingerprint density at radius 2 is 1.91 bits per heavy atom. The van der Waals surface area contributed by atoms with E-state index >= 15 is 0 Å². The third-order valence-electron chi connectivity index (χ3n) is 4.93. The Bertz CT molecular complexity index is 455. The molecule has 1 unspecified atom stereocenters. The highest BCUT2D eigenvalue weighted by Gasteiger charge is 2.26. The largest absolute Gasteiger partial charge is 0.354 e. The van der Waals surface area contributed by atoms with E-state index in [-0.39, 0.29) is 11.9 Å². The van der Waals surface area contributed by atoms with Crippen molar-refractivity contribution >= 4 is 5.91 Å². The number of nitrogens with zero attached hydrogens (tertiary/aromatic N) is 1. The summed E-state index contributed by atoms with van der Waals surface area (Å²) in [4.78, 5) is 14.7. The van der Waals surface area contributed by atoms with Gasteiger partial charge in [0.25, 0.3) is 0 Å². The van der Waals surface area contributed by atoms with Gasteiger partial charge in [0.05, 0.1) is 6.04 Å². The van der Waals surface area contributed by atoms with Gasteiger partial charge in [-0.05, 0) is 70.8 Å². The Hall–Kier alpha value is -1.39. The Morgan fingerprint density at radius 1 is 1.22 bits per heavy atom. The number of amides is 1. The Labute approximate surface area is 140 Å². The average Bonchev–Trinajstić information content (AvgIpc) is 2.60. The molecule has 0 saturated carbocycles. The van der Waals surface area contributed by atoms with Crippen molar-refractivity contribution in [3.8, 4) is 0 Å². The molecule has 4 nitrogen and oxygen atoms in total. The lowest BCUT2D eigenvalue weighted by molar-refractivity contribution is -0.126. The Kier molecular flexibility index (Phi) is 7.56. The first-order chi connectivity index (χ1) is 11.2. The minimum absolute atomic E-state index is 0.0176. The summed E-state index contributed by atoms with van der Waals surface area (Å²) in [5.41, 5.74) is 1.27. The molecule has 1 aliphatic rings. The monoisotopic (exact) mass is 317 g/mol. The van der Waals surface area contributed by atoms with Crippen LogP contribution in [0.1, 0.15) is 31.7 Å². The first-order valence-corrected chi connectivity index (χ1v) is 8.91. The normalized spacial score (nSPS) is 17.8. The van der Waals surface area contributed by atoms with Crippen molar-refractivity contribution in [1.29, 1.82) is 0 Å². The van der Waals surface area contributed by atoms with Gasteiger partial charge < -0.3 is 10.6 Å². The molecular weight excluding hydrogens is 286 g/mol. The molecule has 0 aliphatic carbocycles. The number of carbonyl (C=O) groups excluding carboxylic acids is 1. The summed E-state index contributed by atoms with van der Waals surface area (Å²) < 4.78 is 0. The van der Waals surface area contributed by atoms with Crippen LogP contribution in [0.2, 0.25) is 0 Å². The van der Waals surface area contributed by atoms with Crippen molar-refractivity contribution in [3.05, 3.63) is 35.9 Å². The number of carbonyl (C=O) groups is 1. The van der Waals surface area contributed by atoms with Crippen LogP contribution in [0.25, 0.3) is 0 Å². The fraction of sp³-hybridized carbons (Fsp3) is 0.632. The zero-order valence-corrected chi connectivity index (χ0v) is 14.6. The summed E-state index contributed by atoms with van der Waals surface area (Å²) in [5, 5.41) is 6.31. The van der Waals surface area contributed by atoms with Gasteiger partial charge in [0.2, 0.25) is 5.91 Å². The number of likely N-dealkylation sites (tertiary alicyclic amines) is 1. The average molecular weight is 317 g/mol. The van der Waals surface area contributed by atoms with Gasteiger partial charge in [0.1, 0.15) is 0 Å². The molecule has 1 aliphatic heterocycles. The highest BCUT2D eigenvalue weighted by Crippen LogP contribution is 2.21. The van der Waals surface area contributed by atoms with Crippen LogP contribution in [0, 0.1) is 5.92 Å². The standard InChI is InChI=1S/C19H31N3O/c1-16(22-14-10-18(11-15-22)8-12-20-2)19(23)21-13-9-17-6-4-3-5-7-17/h3-7,16,18,20H,8-15H2,1-2H3,(H,21,23). The Balaban J connectivity index is 1.67. The van der Waals surface area contributed by atoms with Gasteiger partial charge in [0.15, 0.2) is 0 Å². The van der Waals surface area contributed by atoms with Crippen molar-refractivity contribution < 1.29 is 4.79 Å². The van der Waals surface area contributed by atoms with E-state index in [0.717, 1.165) is 32.0 Å². The second-order valence-corrected chi connectivity index (χ2v) is 6.57. The van der Waals surface area contributed by atoms with Crippen LogP contribution in [-0.2, 0) is 11.2 Å². The molecule has 1 atom stereocenters. The molecule has 1 aromatic carbocycles. The predicted octanol–water partition coefficient (Wildman–Crippen LogP) is 2.06. The highest BCUT2D eigenvalue weighted by molar-refractivity contribution is 5.81. The zero-order chi connectivity index (χ0) is 16.5. The number of nitrogens with one attached hydrogen (secondary N) is 2. The van der Waals surface area contributed by atoms with E-state index in [1.807, 2.05) is 32.2 Å². The second-order valence-electron chi connectivity index (χ2n) is 6.57. The fourth-order valence-corrected chi connectivity index (χ4v) is 3.27. The molecule has 0 bridgehead atoms. The molecule has 0 radical (unpaired) electrons. The van der Waals surface area contributed by atoms with Gasteiger partial charge >= 0.3 is 0 Å². The van der Waals surface area contributed by atoms with Crippen LogP contribution in [-0.4, -0.2) is 50.1 Å². The van der Waals surface area contributed by atoms with E-state index in [1.165, 1.54) is 24.8 Å². The summed E-state index contributed by atoms with van der Waals surface area (Å²) in [6.07, 6.45) is 4.57. The maximum absolute atomic E-state index is 12.3. The molecule has 0 spiro atoms. The van der Waals surface area contributed by atoms with Gasteiger partial charge in [-0.2, -0.15) is 0 Å². The molecule has 1 fully saturated rings. The van der Waals surface area contributed by atoms with Crippen LogP contribution >= 0.6 is 0 Å². The third kappa shape index (κ3) is 5.96. The zero-order valence-electron chi connectivity index (χ0n) is 14.6. The van der Waals surface area contributed by atoms with Gasteiger partial charge in [-0.3, -0.25) is 9.69 Å². The van der Waals surface area contributed by atoms with Crippen molar-refractivity contribution in [2.75, 3.05) is 33.2 Å². The molecule has 2 N–H and O–H groups in total. The molecular formula is C19H31N3O. The van der Waals surface area contributed by atoms with E-state index in [4.69, 9.17) is 0 Å². The molecule has 0 aromatic heterocycles. The Morgan fingerprint density at radius 3 is 2.57 bits per heavy atom. The first kappa shape index (κ1) is 18.0. The van der Waals surface area contributed by atoms with E-state index in [1.54, 1.807) is 0 Å². The summed E-state index contributed by atoms with van der Waals surface area (Å²) in [6.45, 7) is 5.93. The van der Waals surface area contributed by atoms with Crippen LogP contribution in [0.4, 0.5) is 0 Å². The maximum atomic E-state index is 12.3. The molecule has 1 saturated heterocycles. The second kappa shape index (κ2) is 9.68. The highest BCUT2D eigenvalue weighted by atomic mass is 16.2. The predicted molar refractivity (Wildman–Crippen MR) is 95.5 cm³/mol. The van der Waals surface area contributed by atoms with Gasteiger partial charge in [-0.1, -0.05) is 30.3 Å². The van der Waals surface area contributed by atoms with E-state index in [0.29, 0.717) is 6.54 Å². The first-order valence-electron chi connectivity index (χ1n) is 8.91. The van der Waals surface area contributed by atoms with Gasteiger partial charge in [-0.25, -0.2) is 0 Å². The minimum atomic E-state index is -0.0176. The van der Waals surface area contributed by atoms with Crippen molar-refractivity contribution in [3.63, 3.8) is 0 Å². The number of rotatable bonds is 8. The molecule has 4 heteroatoms. The van der Waals surface area contributed by atoms with Crippen LogP contribution in [0.5, 0.6) is 0 Å². The van der Waals surface area contributed by atoms with E-state index < -0.39 is 0 Å². The number of hydrogen-bond donors (Lipinski definition) is 2. The maximum Gasteiger partial charge on any atom is 0.237 e. The lowest BCUT2D eigenvalue weighted by atomic mass is 9.93. The number of piperidine rings is 1. The summed E-state index contributed by atoms with van der Waals surface area (Å²) in [5.74, 6) is 0.974. The molecule has 1 heterocycles. The number of hydrogen-bond acceptors (Lipinski definition) is 3. The molecule has 1 aromatic rings. The topological polar surface area (TPSA) is 44.4 Å². The van der Waals surface area contributed by atoms with Crippen molar-refractivity contribution in [2.45, 2.75) is 38.6 Å². The quantitative estimate of drug-likeness (QED) is 0.771. The van der Waals surface area contributed by atoms with E-state index in [2.05, 4.69) is 27.7 Å². The van der Waals surface area contributed by atoms with Gasteiger partial charge in [-0.15, -0.1) is 0 Å². The van der Waals surface area contributed by atoms with Gasteiger partial charge in [0, 0.05) is 6.54 Å². The summed E-state index contributed by atoms with van der Waals surface area (Å²) in [6, 6.07) is 10.3. The summed E-state index contributed by atoms with van der Waals surface area (Å²) in [7, 11) is 2.01. The van der Waals surface area contributed by atoms with Crippen molar-refractivity contribution in [2.24, 2.45) is 5.92 Å². The lowest BCUT2D eigenvalue weighted by Gasteiger charge is -2.35. The molecule has 1 amide bonds. The van der Waals surface area contributed by atoms with Crippen LogP contribution in [0.3, 0.4) is 0 Å². The molecule has 2 rings (SSSR count).